The van der Waals surface area contributed by atoms with E-state index in [9.17, 15) is 14.9 Å². The lowest BCUT2D eigenvalue weighted by molar-refractivity contribution is -0.385. The lowest BCUT2D eigenvalue weighted by Gasteiger charge is -2.06. The van der Waals surface area contributed by atoms with E-state index in [1.54, 1.807) is 43.3 Å². The highest BCUT2D eigenvalue weighted by Gasteiger charge is 2.24. The minimum atomic E-state index is -0.509. The van der Waals surface area contributed by atoms with Crippen LogP contribution in [-0.4, -0.2) is 10.7 Å². The molecule has 2 aromatic rings. The first-order chi connectivity index (χ1) is 9.00. The van der Waals surface area contributed by atoms with Crippen LogP contribution >= 0.6 is 22.6 Å². The number of carbonyl (C=O) groups excluding carboxylic acids is 1. The monoisotopic (exact) mass is 367 g/mol. The van der Waals surface area contributed by atoms with Crippen molar-refractivity contribution >= 4 is 34.1 Å². The van der Waals surface area contributed by atoms with Gasteiger partial charge < -0.3 is 0 Å². The topological polar surface area (TPSA) is 60.2 Å². The van der Waals surface area contributed by atoms with Crippen LogP contribution in [0.1, 0.15) is 21.5 Å². The van der Waals surface area contributed by atoms with Gasteiger partial charge in [-0.2, -0.15) is 0 Å². The van der Waals surface area contributed by atoms with Gasteiger partial charge in [-0.3, -0.25) is 14.9 Å². The molecule has 96 valence electrons. The number of hydrogen-bond acceptors (Lipinski definition) is 3. The molecule has 0 fully saturated rings. The van der Waals surface area contributed by atoms with Crippen molar-refractivity contribution in [2.45, 2.75) is 6.92 Å². The molecule has 0 bridgehead atoms. The Kier molecular flexibility index (Phi) is 3.94. The largest absolute Gasteiger partial charge is 0.288 e. The van der Waals surface area contributed by atoms with Gasteiger partial charge in [0.2, 0.25) is 5.78 Å². The molecule has 0 aliphatic rings. The molecule has 0 aliphatic heterocycles. The summed E-state index contributed by atoms with van der Waals surface area (Å²) in [5.74, 6) is -0.322. The summed E-state index contributed by atoms with van der Waals surface area (Å²) >= 11 is 1.96. The molecule has 4 nitrogen and oxygen atoms in total. The Hall–Kier alpha value is -1.76. The molecule has 0 radical (unpaired) electrons. The lowest BCUT2D eigenvalue weighted by Crippen LogP contribution is -2.08. The fraction of sp³-hybridized carbons (Fsp3) is 0.0714. The molecular weight excluding hydrogens is 357 g/mol. The van der Waals surface area contributed by atoms with Crippen molar-refractivity contribution in [1.29, 1.82) is 0 Å². The summed E-state index contributed by atoms with van der Waals surface area (Å²) in [5, 5.41) is 11.1. The molecule has 0 saturated heterocycles. The van der Waals surface area contributed by atoms with E-state index in [2.05, 4.69) is 0 Å². The summed E-state index contributed by atoms with van der Waals surface area (Å²) in [6.45, 7) is 1.77. The molecule has 2 aromatic carbocycles. The smallest absolute Gasteiger partial charge is 0.281 e. The second-order valence-electron chi connectivity index (χ2n) is 4.09. The number of benzene rings is 2. The van der Waals surface area contributed by atoms with Gasteiger partial charge in [0.15, 0.2) is 0 Å². The first-order valence-corrected chi connectivity index (χ1v) is 6.63. The van der Waals surface area contributed by atoms with Gasteiger partial charge in [-0.05, 0) is 41.1 Å². The van der Waals surface area contributed by atoms with Gasteiger partial charge in [-0.25, -0.2) is 0 Å². The van der Waals surface area contributed by atoms with Gasteiger partial charge in [0.05, 0.1) is 4.92 Å². The molecule has 0 atom stereocenters. The van der Waals surface area contributed by atoms with Crippen LogP contribution in [0.2, 0.25) is 0 Å². The van der Waals surface area contributed by atoms with Crippen LogP contribution in [0.3, 0.4) is 0 Å². The van der Waals surface area contributed by atoms with Crippen molar-refractivity contribution in [2.75, 3.05) is 0 Å². The van der Waals surface area contributed by atoms with Gasteiger partial charge in [0.1, 0.15) is 5.56 Å². The van der Waals surface area contributed by atoms with Crippen molar-refractivity contribution in [3.8, 4) is 0 Å². The highest BCUT2D eigenvalue weighted by molar-refractivity contribution is 14.1. The average Bonchev–Trinajstić information content (AvgIpc) is 2.38. The summed E-state index contributed by atoms with van der Waals surface area (Å²) in [6.07, 6.45) is 0. The summed E-state index contributed by atoms with van der Waals surface area (Å²) < 4.78 is 0.596. The van der Waals surface area contributed by atoms with E-state index in [1.807, 2.05) is 22.6 Å². The molecule has 0 heterocycles. The zero-order valence-corrected chi connectivity index (χ0v) is 12.2. The Labute approximate surface area is 123 Å². The molecule has 0 saturated carbocycles. The van der Waals surface area contributed by atoms with Crippen molar-refractivity contribution in [2.24, 2.45) is 0 Å². The molecule has 0 aromatic heterocycles. The van der Waals surface area contributed by atoms with Crippen LogP contribution in [0, 0.1) is 20.6 Å². The minimum Gasteiger partial charge on any atom is -0.288 e. The number of nitro benzene ring substituents is 1. The molecule has 0 aliphatic carbocycles. The summed E-state index contributed by atoms with van der Waals surface area (Å²) in [5.41, 5.74) is 1.23. The maximum atomic E-state index is 12.4. The van der Waals surface area contributed by atoms with E-state index in [-0.39, 0.29) is 17.0 Å². The predicted octanol–water partition coefficient (Wildman–Crippen LogP) is 3.74. The van der Waals surface area contributed by atoms with Gasteiger partial charge in [0, 0.05) is 15.2 Å². The van der Waals surface area contributed by atoms with Crippen molar-refractivity contribution in [1.82, 2.24) is 0 Å². The maximum absolute atomic E-state index is 12.4. The van der Waals surface area contributed by atoms with E-state index in [0.717, 1.165) is 5.56 Å². The first kappa shape index (κ1) is 13.7. The van der Waals surface area contributed by atoms with Gasteiger partial charge in [-0.15, -0.1) is 0 Å². The van der Waals surface area contributed by atoms with Crippen LogP contribution in [0.5, 0.6) is 0 Å². The van der Waals surface area contributed by atoms with Gasteiger partial charge in [-0.1, -0.05) is 30.3 Å². The first-order valence-electron chi connectivity index (χ1n) is 5.55. The molecule has 0 N–H and O–H groups in total. The fourth-order valence-electron chi connectivity index (χ4n) is 1.83. The zero-order chi connectivity index (χ0) is 14.0. The van der Waals surface area contributed by atoms with Gasteiger partial charge >= 0.3 is 0 Å². The number of rotatable bonds is 3. The number of carbonyl (C=O) groups is 1. The van der Waals surface area contributed by atoms with E-state index in [4.69, 9.17) is 0 Å². The number of aryl methyl sites for hydroxylation is 1. The summed E-state index contributed by atoms with van der Waals surface area (Å²) in [7, 11) is 0. The molecule has 5 heteroatoms. The summed E-state index contributed by atoms with van der Waals surface area (Å²) in [6, 6.07) is 11.8. The third-order valence-corrected chi connectivity index (χ3v) is 3.52. The Morgan fingerprint density at radius 2 is 1.84 bits per heavy atom. The minimum absolute atomic E-state index is 0.141. The molecule has 19 heavy (non-hydrogen) atoms. The Balaban J connectivity index is 2.62. The quantitative estimate of drug-likeness (QED) is 0.359. The third-order valence-electron chi connectivity index (χ3n) is 2.67. The molecular formula is C14H10INO3. The Bertz CT molecular complexity index is 653. The SMILES string of the molecule is Cc1cc(I)c(C(=O)c2ccccc2)c([N+](=O)[O-])c1. The van der Waals surface area contributed by atoms with E-state index in [1.165, 1.54) is 6.07 Å². The number of ketones is 1. The van der Waals surface area contributed by atoms with Crippen molar-refractivity contribution in [3.05, 3.63) is 72.8 Å². The highest BCUT2D eigenvalue weighted by Crippen LogP contribution is 2.28. The Morgan fingerprint density at radius 3 is 2.42 bits per heavy atom. The number of nitrogens with zero attached hydrogens (tertiary/aromatic N) is 1. The summed E-state index contributed by atoms with van der Waals surface area (Å²) in [4.78, 5) is 23.0. The van der Waals surface area contributed by atoms with Crippen molar-refractivity contribution in [3.63, 3.8) is 0 Å². The predicted molar refractivity (Wildman–Crippen MR) is 80.4 cm³/mol. The highest BCUT2D eigenvalue weighted by atomic mass is 127. The molecule has 2 rings (SSSR count). The van der Waals surface area contributed by atoms with E-state index < -0.39 is 4.92 Å². The van der Waals surface area contributed by atoms with Crippen LogP contribution in [0.25, 0.3) is 0 Å². The zero-order valence-electron chi connectivity index (χ0n) is 10.1. The molecule has 0 unspecified atom stereocenters. The standard InChI is InChI=1S/C14H10INO3/c1-9-7-11(15)13(12(8-9)16(18)19)14(17)10-5-3-2-4-6-10/h2-8H,1H3. The second kappa shape index (κ2) is 5.48. The van der Waals surface area contributed by atoms with Crippen LogP contribution in [0.15, 0.2) is 42.5 Å². The average molecular weight is 367 g/mol. The van der Waals surface area contributed by atoms with E-state index in [0.29, 0.717) is 9.13 Å². The van der Waals surface area contributed by atoms with Gasteiger partial charge in [0.25, 0.3) is 5.69 Å². The number of hydrogen-bond donors (Lipinski definition) is 0. The number of nitro groups is 1. The van der Waals surface area contributed by atoms with Crippen molar-refractivity contribution < 1.29 is 9.72 Å². The van der Waals surface area contributed by atoms with Crippen LogP contribution in [0.4, 0.5) is 5.69 Å². The van der Waals surface area contributed by atoms with Crippen LogP contribution in [-0.2, 0) is 0 Å². The maximum Gasteiger partial charge on any atom is 0.281 e. The lowest BCUT2D eigenvalue weighted by atomic mass is 10.0. The third kappa shape index (κ3) is 2.81. The number of halogens is 1. The molecule has 0 spiro atoms. The molecule has 0 amide bonds. The normalized spacial score (nSPS) is 10.2. The second-order valence-corrected chi connectivity index (χ2v) is 5.26. The Morgan fingerprint density at radius 1 is 1.21 bits per heavy atom. The van der Waals surface area contributed by atoms with E-state index >= 15 is 0 Å². The van der Waals surface area contributed by atoms with Crippen LogP contribution < -0.4 is 0 Å². The fourth-order valence-corrected chi connectivity index (χ4v) is 2.84.